The first-order valence-electron chi connectivity index (χ1n) is 7.82. The molecule has 0 aliphatic carbocycles. The number of halogens is 1. The van der Waals surface area contributed by atoms with Gasteiger partial charge in [-0.3, -0.25) is 0 Å². The number of fused-ring (bicyclic) bond motifs is 2. The SMILES string of the molecule is CC(NC1CCOc2ccc(F)cc21)c1cn2ccccc2n1. The van der Waals surface area contributed by atoms with Gasteiger partial charge in [0.1, 0.15) is 17.2 Å². The van der Waals surface area contributed by atoms with E-state index in [0.29, 0.717) is 6.61 Å². The minimum atomic E-state index is -0.235. The highest BCUT2D eigenvalue weighted by atomic mass is 19.1. The molecule has 0 radical (unpaired) electrons. The Morgan fingerprint density at radius 1 is 1.35 bits per heavy atom. The van der Waals surface area contributed by atoms with Crippen molar-refractivity contribution in [2.45, 2.75) is 25.4 Å². The molecule has 1 aliphatic rings. The van der Waals surface area contributed by atoms with E-state index < -0.39 is 0 Å². The van der Waals surface area contributed by atoms with Gasteiger partial charge in [0.25, 0.3) is 0 Å². The van der Waals surface area contributed by atoms with Crippen molar-refractivity contribution < 1.29 is 9.13 Å². The van der Waals surface area contributed by atoms with E-state index in [0.717, 1.165) is 29.1 Å². The number of rotatable bonds is 3. The predicted octanol–water partition coefficient (Wildman–Crippen LogP) is 3.65. The van der Waals surface area contributed by atoms with Gasteiger partial charge in [0.2, 0.25) is 0 Å². The number of hydrogen-bond acceptors (Lipinski definition) is 3. The fourth-order valence-electron chi connectivity index (χ4n) is 3.09. The third-order valence-electron chi connectivity index (χ3n) is 4.29. The molecule has 1 aliphatic heterocycles. The Morgan fingerprint density at radius 2 is 2.26 bits per heavy atom. The van der Waals surface area contributed by atoms with Crippen LogP contribution in [-0.4, -0.2) is 16.0 Å². The monoisotopic (exact) mass is 311 g/mol. The molecular weight excluding hydrogens is 293 g/mol. The van der Waals surface area contributed by atoms with Gasteiger partial charge in [-0.15, -0.1) is 0 Å². The Hall–Kier alpha value is -2.40. The number of ether oxygens (including phenoxy) is 1. The number of nitrogens with zero attached hydrogens (tertiary/aromatic N) is 2. The first kappa shape index (κ1) is 14.2. The molecule has 5 heteroatoms. The van der Waals surface area contributed by atoms with Crippen molar-refractivity contribution in [1.29, 1.82) is 0 Å². The van der Waals surface area contributed by atoms with Gasteiger partial charge in [-0.2, -0.15) is 0 Å². The molecule has 2 unspecified atom stereocenters. The van der Waals surface area contributed by atoms with Crippen LogP contribution in [0.15, 0.2) is 48.8 Å². The fourth-order valence-corrected chi connectivity index (χ4v) is 3.09. The summed E-state index contributed by atoms with van der Waals surface area (Å²) in [5.74, 6) is 0.527. The summed E-state index contributed by atoms with van der Waals surface area (Å²) in [5.41, 5.74) is 2.78. The average Bonchev–Trinajstić information content (AvgIpc) is 2.99. The van der Waals surface area contributed by atoms with Crippen molar-refractivity contribution in [2.75, 3.05) is 6.61 Å². The van der Waals surface area contributed by atoms with Gasteiger partial charge in [0.05, 0.1) is 12.3 Å². The summed E-state index contributed by atoms with van der Waals surface area (Å²) >= 11 is 0. The molecule has 1 N–H and O–H groups in total. The van der Waals surface area contributed by atoms with Crippen molar-refractivity contribution in [1.82, 2.24) is 14.7 Å². The van der Waals surface area contributed by atoms with Crippen molar-refractivity contribution in [3.8, 4) is 5.75 Å². The molecule has 118 valence electrons. The van der Waals surface area contributed by atoms with Crippen LogP contribution < -0.4 is 10.1 Å². The van der Waals surface area contributed by atoms with Gasteiger partial charge in [-0.1, -0.05) is 6.07 Å². The minimum Gasteiger partial charge on any atom is -0.493 e. The molecule has 0 fully saturated rings. The number of imidazole rings is 1. The maximum absolute atomic E-state index is 13.6. The zero-order chi connectivity index (χ0) is 15.8. The summed E-state index contributed by atoms with van der Waals surface area (Å²) in [6.07, 6.45) is 4.82. The molecule has 4 rings (SSSR count). The van der Waals surface area contributed by atoms with E-state index in [-0.39, 0.29) is 17.9 Å². The first-order chi connectivity index (χ1) is 11.2. The lowest BCUT2D eigenvalue weighted by Gasteiger charge is -2.29. The Morgan fingerprint density at radius 3 is 3.13 bits per heavy atom. The van der Waals surface area contributed by atoms with Crippen LogP contribution >= 0.6 is 0 Å². The largest absolute Gasteiger partial charge is 0.493 e. The summed E-state index contributed by atoms with van der Waals surface area (Å²) < 4.78 is 21.2. The summed E-state index contributed by atoms with van der Waals surface area (Å²) in [5, 5.41) is 3.56. The zero-order valence-corrected chi connectivity index (χ0v) is 12.9. The Bertz CT molecular complexity index is 812. The lowest BCUT2D eigenvalue weighted by atomic mass is 9.99. The first-order valence-corrected chi connectivity index (χ1v) is 7.82. The van der Waals surface area contributed by atoms with Crippen molar-refractivity contribution in [3.05, 3.63) is 65.9 Å². The molecule has 23 heavy (non-hydrogen) atoms. The van der Waals surface area contributed by atoms with Crippen LogP contribution in [0.5, 0.6) is 5.75 Å². The van der Waals surface area contributed by atoms with Gasteiger partial charge in [0.15, 0.2) is 0 Å². The van der Waals surface area contributed by atoms with E-state index in [9.17, 15) is 4.39 Å². The highest BCUT2D eigenvalue weighted by Gasteiger charge is 2.24. The van der Waals surface area contributed by atoms with E-state index >= 15 is 0 Å². The molecule has 0 spiro atoms. The lowest BCUT2D eigenvalue weighted by molar-refractivity contribution is 0.244. The summed E-state index contributed by atoms with van der Waals surface area (Å²) in [4.78, 5) is 4.65. The van der Waals surface area contributed by atoms with Crippen molar-refractivity contribution in [2.24, 2.45) is 0 Å². The number of nitrogens with one attached hydrogen (secondary N) is 1. The predicted molar refractivity (Wildman–Crippen MR) is 86.0 cm³/mol. The van der Waals surface area contributed by atoms with Gasteiger partial charge in [0, 0.05) is 36.5 Å². The Kier molecular flexibility index (Phi) is 3.50. The maximum atomic E-state index is 13.6. The number of benzene rings is 1. The average molecular weight is 311 g/mol. The summed E-state index contributed by atoms with van der Waals surface area (Å²) in [7, 11) is 0. The standard InChI is InChI=1S/C18H18FN3O/c1-12(16-11-22-8-3-2-4-18(22)21-16)20-15-7-9-23-17-6-5-13(19)10-14(15)17/h2-6,8,10-12,15,20H,7,9H2,1H3. The van der Waals surface area contributed by atoms with E-state index in [4.69, 9.17) is 4.74 Å². The second kappa shape index (κ2) is 5.66. The molecule has 1 aromatic carbocycles. The van der Waals surface area contributed by atoms with Crippen LogP contribution in [0.4, 0.5) is 4.39 Å². The highest BCUT2D eigenvalue weighted by Crippen LogP contribution is 2.34. The molecule has 0 bridgehead atoms. The zero-order valence-electron chi connectivity index (χ0n) is 12.9. The van der Waals surface area contributed by atoms with Crippen LogP contribution in [0.25, 0.3) is 5.65 Å². The highest BCUT2D eigenvalue weighted by molar-refractivity contribution is 5.41. The second-order valence-electron chi connectivity index (χ2n) is 5.89. The third kappa shape index (κ3) is 2.68. The Labute approximate surface area is 133 Å². The van der Waals surface area contributed by atoms with Crippen LogP contribution in [0.1, 0.15) is 36.7 Å². The van der Waals surface area contributed by atoms with E-state index in [1.165, 1.54) is 6.07 Å². The van der Waals surface area contributed by atoms with Crippen LogP contribution in [0, 0.1) is 5.82 Å². The van der Waals surface area contributed by atoms with Gasteiger partial charge >= 0.3 is 0 Å². The molecule has 4 nitrogen and oxygen atoms in total. The van der Waals surface area contributed by atoms with Crippen LogP contribution in [0.3, 0.4) is 0 Å². The maximum Gasteiger partial charge on any atom is 0.137 e. The van der Waals surface area contributed by atoms with Crippen molar-refractivity contribution in [3.63, 3.8) is 0 Å². The molecule has 0 saturated heterocycles. The van der Waals surface area contributed by atoms with Gasteiger partial charge < -0.3 is 14.5 Å². The minimum absolute atomic E-state index is 0.0640. The number of pyridine rings is 1. The molecule has 2 atom stereocenters. The summed E-state index contributed by atoms with van der Waals surface area (Å²) in [6.45, 7) is 2.71. The number of aromatic nitrogens is 2. The second-order valence-corrected chi connectivity index (χ2v) is 5.89. The van der Waals surface area contributed by atoms with Gasteiger partial charge in [-0.05, 0) is 37.3 Å². The number of hydrogen-bond donors (Lipinski definition) is 1. The smallest absolute Gasteiger partial charge is 0.137 e. The summed E-state index contributed by atoms with van der Waals surface area (Å²) in [6, 6.07) is 10.8. The third-order valence-corrected chi connectivity index (χ3v) is 4.29. The van der Waals surface area contributed by atoms with Gasteiger partial charge in [-0.25, -0.2) is 9.37 Å². The normalized spacial score (nSPS) is 18.4. The van der Waals surface area contributed by atoms with E-state index in [1.54, 1.807) is 12.1 Å². The van der Waals surface area contributed by atoms with E-state index in [2.05, 4.69) is 17.2 Å². The lowest BCUT2D eigenvalue weighted by Crippen LogP contribution is -2.29. The molecular formula is C18H18FN3O. The molecule has 0 saturated carbocycles. The topological polar surface area (TPSA) is 38.6 Å². The molecule has 3 aromatic rings. The molecule has 2 aromatic heterocycles. The van der Waals surface area contributed by atoms with Crippen LogP contribution in [0.2, 0.25) is 0 Å². The fraction of sp³-hybridized carbons (Fsp3) is 0.278. The quantitative estimate of drug-likeness (QED) is 0.802. The van der Waals surface area contributed by atoms with E-state index in [1.807, 2.05) is 35.0 Å². The molecule has 0 amide bonds. The van der Waals surface area contributed by atoms with Crippen LogP contribution in [-0.2, 0) is 0 Å². The van der Waals surface area contributed by atoms with Crippen molar-refractivity contribution >= 4 is 5.65 Å². The Balaban J connectivity index is 1.59. The molecule has 3 heterocycles.